The monoisotopic (exact) mass is 354 g/mol. The minimum Gasteiger partial charge on any atom is -0.497 e. The summed E-state index contributed by atoms with van der Waals surface area (Å²) >= 11 is 0. The Bertz CT molecular complexity index is 721. The molecular weight excluding hydrogens is 332 g/mol. The van der Waals surface area contributed by atoms with Gasteiger partial charge in [0, 0.05) is 6.54 Å². The first-order valence-corrected chi connectivity index (χ1v) is 8.33. The molecule has 0 saturated heterocycles. The summed E-state index contributed by atoms with van der Waals surface area (Å²) < 4.78 is 16.3. The zero-order chi connectivity index (χ0) is 18.6. The molecule has 2 aromatic rings. The van der Waals surface area contributed by atoms with E-state index in [1.165, 1.54) is 0 Å². The van der Waals surface area contributed by atoms with Gasteiger partial charge in [-0.2, -0.15) is 5.26 Å². The van der Waals surface area contributed by atoms with Gasteiger partial charge in [-0.3, -0.25) is 4.79 Å². The number of rotatable bonds is 10. The van der Waals surface area contributed by atoms with Crippen molar-refractivity contribution in [2.45, 2.75) is 12.8 Å². The van der Waals surface area contributed by atoms with Crippen molar-refractivity contribution in [2.24, 2.45) is 0 Å². The largest absolute Gasteiger partial charge is 0.497 e. The lowest BCUT2D eigenvalue weighted by molar-refractivity contribution is -0.120. The zero-order valence-electron chi connectivity index (χ0n) is 14.7. The van der Waals surface area contributed by atoms with Crippen LogP contribution in [0.15, 0.2) is 48.5 Å². The van der Waals surface area contributed by atoms with Crippen LogP contribution in [0, 0.1) is 11.3 Å². The van der Waals surface area contributed by atoms with Gasteiger partial charge in [0.05, 0.1) is 13.2 Å². The third kappa shape index (κ3) is 6.73. The summed E-state index contributed by atoms with van der Waals surface area (Å²) in [4.78, 5) is 11.2. The highest BCUT2D eigenvalue weighted by molar-refractivity contribution is 5.77. The summed E-state index contributed by atoms with van der Waals surface area (Å²) in [6.07, 6.45) is 0.601. The van der Waals surface area contributed by atoms with Crippen molar-refractivity contribution in [3.05, 3.63) is 54.1 Å². The minimum absolute atomic E-state index is 0.106. The Hall–Kier alpha value is -3.20. The number of nitrogens with zero attached hydrogens (tertiary/aromatic N) is 1. The van der Waals surface area contributed by atoms with Crippen LogP contribution in [0.3, 0.4) is 0 Å². The van der Waals surface area contributed by atoms with Crippen LogP contribution in [0.5, 0.6) is 17.2 Å². The molecular formula is C20H22N2O4. The Labute approximate surface area is 153 Å². The van der Waals surface area contributed by atoms with Crippen LogP contribution in [-0.4, -0.2) is 32.8 Å². The van der Waals surface area contributed by atoms with Gasteiger partial charge in [-0.25, -0.2) is 0 Å². The van der Waals surface area contributed by atoms with E-state index in [0.717, 1.165) is 22.8 Å². The maximum atomic E-state index is 11.2. The van der Waals surface area contributed by atoms with Crippen LogP contribution in [0.1, 0.15) is 12.0 Å². The van der Waals surface area contributed by atoms with E-state index < -0.39 is 0 Å². The van der Waals surface area contributed by atoms with Crippen molar-refractivity contribution < 1.29 is 19.0 Å². The SMILES string of the molecule is COc1ccc(OCCOc2ccc(CCNC(=O)CC#N)cc2)cc1. The average Bonchev–Trinajstić information content (AvgIpc) is 2.67. The van der Waals surface area contributed by atoms with Gasteiger partial charge < -0.3 is 19.5 Å². The van der Waals surface area contributed by atoms with Gasteiger partial charge in [-0.05, 0) is 48.4 Å². The Kier molecular flexibility index (Phi) is 7.81. The number of benzene rings is 2. The fraction of sp³-hybridized carbons (Fsp3) is 0.300. The highest BCUT2D eigenvalue weighted by Crippen LogP contribution is 2.17. The lowest BCUT2D eigenvalue weighted by Crippen LogP contribution is -2.24. The van der Waals surface area contributed by atoms with E-state index in [4.69, 9.17) is 19.5 Å². The smallest absolute Gasteiger partial charge is 0.234 e. The molecule has 0 fully saturated rings. The molecule has 1 N–H and O–H groups in total. The van der Waals surface area contributed by atoms with Gasteiger partial charge in [0.2, 0.25) is 5.91 Å². The van der Waals surface area contributed by atoms with Gasteiger partial charge in [-0.15, -0.1) is 0 Å². The van der Waals surface area contributed by atoms with E-state index in [1.54, 1.807) is 7.11 Å². The third-order valence-electron chi connectivity index (χ3n) is 3.58. The van der Waals surface area contributed by atoms with E-state index in [1.807, 2.05) is 54.6 Å². The van der Waals surface area contributed by atoms with Crippen LogP contribution >= 0.6 is 0 Å². The van der Waals surface area contributed by atoms with Crippen LogP contribution in [0.4, 0.5) is 0 Å². The molecule has 1 amide bonds. The summed E-state index contributed by atoms with van der Waals surface area (Å²) in [5.41, 5.74) is 1.09. The Morgan fingerprint density at radius 3 is 2.04 bits per heavy atom. The normalized spacial score (nSPS) is 9.85. The second kappa shape index (κ2) is 10.6. The van der Waals surface area contributed by atoms with Crippen molar-refractivity contribution in [3.8, 4) is 23.3 Å². The van der Waals surface area contributed by atoms with Gasteiger partial charge in [0.25, 0.3) is 0 Å². The number of nitriles is 1. The van der Waals surface area contributed by atoms with Crippen LogP contribution in [0.2, 0.25) is 0 Å². The summed E-state index contributed by atoms with van der Waals surface area (Å²) in [6.45, 7) is 1.39. The predicted octanol–water partition coefficient (Wildman–Crippen LogP) is 2.73. The molecule has 0 heterocycles. The van der Waals surface area contributed by atoms with Crippen molar-refractivity contribution in [3.63, 3.8) is 0 Å². The third-order valence-corrected chi connectivity index (χ3v) is 3.58. The molecule has 0 unspecified atom stereocenters. The van der Waals surface area contributed by atoms with Crippen molar-refractivity contribution >= 4 is 5.91 Å². The quantitative estimate of drug-likeness (QED) is 0.664. The van der Waals surface area contributed by atoms with Crippen molar-refractivity contribution in [2.75, 3.05) is 26.9 Å². The Balaban J connectivity index is 1.65. The maximum absolute atomic E-state index is 11.2. The molecule has 0 aromatic heterocycles. The van der Waals surface area contributed by atoms with Gasteiger partial charge in [0.1, 0.15) is 36.9 Å². The van der Waals surface area contributed by atoms with Crippen molar-refractivity contribution in [1.82, 2.24) is 5.32 Å². The molecule has 2 rings (SSSR count). The molecule has 0 aliphatic rings. The van der Waals surface area contributed by atoms with Crippen LogP contribution in [0.25, 0.3) is 0 Å². The van der Waals surface area contributed by atoms with E-state index in [2.05, 4.69) is 5.32 Å². The van der Waals surface area contributed by atoms with E-state index in [9.17, 15) is 4.79 Å². The first-order chi connectivity index (χ1) is 12.7. The number of carbonyl (C=O) groups is 1. The van der Waals surface area contributed by atoms with E-state index in [0.29, 0.717) is 26.2 Å². The molecule has 0 atom stereocenters. The van der Waals surface area contributed by atoms with Crippen molar-refractivity contribution in [1.29, 1.82) is 5.26 Å². The summed E-state index contributed by atoms with van der Waals surface area (Å²) in [5, 5.41) is 11.1. The molecule has 0 aliphatic carbocycles. The molecule has 0 spiro atoms. The topological polar surface area (TPSA) is 80.6 Å². The number of hydrogen-bond acceptors (Lipinski definition) is 5. The summed E-state index contributed by atoms with van der Waals surface area (Å²) in [5.74, 6) is 2.08. The van der Waals surface area contributed by atoms with E-state index in [-0.39, 0.29) is 12.3 Å². The average molecular weight is 354 g/mol. The van der Waals surface area contributed by atoms with Crippen LogP contribution in [-0.2, 0) is 11.2 Å². The Morgan fingerprint density at radius 1 is 0.962 bits per heavy atom. The maximum Gasteiger partial charge on any atom is 0.234 e. The highest BCUT2D eigenvalue weighted by atomic mass is 16.5. The number of carbonyl (C=O) groups excluding carboxylic acids is 1. The number of nitrogens with one attached hydrogen (secondary N) is 1. The molecule has 6 heteroatoms. The highest BCUT2D eigenvalue weighted by Gasteiger charge is 2.01. The van der Waals surface area contributed by atoms with Gasteiger partial charge >= 0.3 is 0 Å². The second-order valence-corrected chi connectivity index (χ2v) is 5.45. The predicted molar refractivity (Wildman–Crippen MR) is 97.4 cm³/mol. The fourth-order valence-electron chi connectivity index (χ4n) is 2.22. The molecule has 0 radical (unpaired) electrons. The Morgan fingerprint density at radius 2 is 1.50 bits per heavy atom. The summed E-state index contributed by atoms with van der Waals surface area (Å²) in [7, 11) is 1.62. The summed E-state index contributed by atoms with van der Waals surface area (Å²) in [6, 6.07) is 16.9. The molecule has 6 nitrogen and oxygen atoms in total. The van der Waals surface area contributed by atoms with Gasteiger partial charge in [-0.1, -0.05) is 12.1 Å². The number of hydrogen-bond donors (Lipinski definition) is 1. The first-order valence-electron chi connectivity index (χ1n) is 8.33. The molecule has 0 aliphatic heterocycles. The number of ether oxygens (including phenoxy) is 3. The first kappa shape index (κ1) is 19.1. The lowest BCUT2D eigenvalue weighted by atomic mass is 10.1. The van der Waals surface area contributed by atoms with E-state index >= 15 is 0 Å². The second-order valence-electron chi connectivity index (χ2n) is 5.45. The number of methoxy groups -OCH3 is 1. The molecule has 136 valence electrons. The van der Waals surface area contributed by atoms with Crippen LogP contribution < -0.4 is 19.5 Å². The molecule has 2 aromatic carbocycles. The molecule has 26 heavy (non-hydrogen) atoms. The molecule has 0 saturated carbocycles. The lowest BCUT2D eigenvalue weighted by Gasteiger charge is -2.09. The zero-order valence-corrected chi connectivity index (χ0v) is 14.7. The van der Waals surface area contributed by atoms with Gasteiger partial charge in [0.15, 0.2) is 0 Å². The molecule has 0 bridgehead atoms. The fourth-order valence-corrected chi connectivity index (χ4v) is 2.22. The number of amides is 1. The minimum atomic E-state index is -0.246. The standard InChI is InChI=1S/C20H22N2O4/c1-24-17-6-8-19(9-7-17)26-15-14-25-18-4-2-16(3-5-18)11-13-22-20(23)10-12-21/h2-9H,10-11,13-15H2,1H3,(H,22,23).